The van der Waals surface area contributed by atoms with Crippen molar-refractivity contribution in [1.29, 1.82) is 0 Å². The quantitative estimate of drug-likeness (QED) is 0.816. The number of hydrogen-bond donors (Lipinski definition) is 0. The topological polar surface area (TPSA) is 46.3 Å². The van der Waals surface area contributed by atoms with E-state index < -0.39 is 0 Å². The predicted octanol–water partition coefficient (Wildman–Crippen LogP) is 3.61. The molecule has 1 aliphatic carbocycles. The molecular formula is C15H24N2O2. The van der Waals surface area contributed by atoms with Crippen LogP contribution in [0, 0.1) is 19.8 Å². The van der Waals surface area contributed by atoms with E-state index >= 15 is 0 Å². The Hall–Kier alpha value is -1.32. The second kappa shape index (κ2) is 6.22. The molecule has 1 saturated carbocycles. The number of rotatable bonds is 5. The lowest BCUT2D eigenvalue weighted by molar-refractivity contribution is -0.122. The van der Waals surface area contributed by atoms with E-state index in [0.717, 1.165) is 37.1 Å². The highest BCUT2D eigenvalue weighted by Crippen LogP contribution is 2.29. The van der Waals surface area contributed by atoms with Gasteiger partial charge in [0.2, 0.25) is 5.91 Å². The molecule has 0 spiro atoms. The molecule has 0 aliphatic heterocycles. The summed E-state index contributed by atoms with van der Waals surface area (Å²) in [4.78, 5) is 18.8. The summed E-state index contributed by atoms with van der Waals surface area (Å²) in [6.45, 7) is 6.65. The number of carbonyl (C=O) groups excluding carboxylic acids is 1. The van der Waals surface area contributed by atoms with Crippen molar-refractivity contribution in [3.63, 3.8) is 0 Å². The minimum Gasteiger partial charge on any atom is -0.428 e. The predicted molar refractivity (Wildman–Crippen MR) is 75.2 cm³/mol. The van der Waals surface area contributed by atoms with Crippen molar-refractivity contribution in [2.45, 2.75) is 59.3 Å². The molecule has 1 amide bonds. The average molecular weight is 264 g/mol. The van der Waals surface area contributed by atoms with Gasteiger partial charge < -0.3 is 4.42 Å². The summed E-state index contributed by atoms with van der Waals surface area (Å²) < 4.78 is 5.65. The van der Waals surface area contributed by atoms with E-state index in [1.807, 2.05) is 13.8 Å². The maximum absolute atomic E-state index is 12.6. The van der Waals surface area contributed by atoms with E-state index in [0.29, 0.717) is 12.6 Å². The van der Waals surface area contributed by atoms with Crippen LogP contribution in [0.25, 0.3) is 0 Å². The molecule has 1 fully saturated rings. The summed E-state index contributed by atoms with van der Waals surface area (Å²) in [6, 6.07) is 0.486. The highest BCUT2D eigenvalue weighted by molar-refractivity contribution is 5.93. The molecule has 4 nitrogen and oxygen atoms in total. The zero-order chi connectivity index (χ0) is 13.8. The number of aryl methyl sites for hydroxylation is 2. The van der Waals surface area contributed by atoms with Crippen LogP contribution in [0.3, 0.4) is 0 Å². The fourth-order valence-corrected chi connectivity index (χ4v) is 2.58. The number of amides is 1. The Morgan fingerprint density at radius 1 is 1.37 bits per heavy atom. The first-order chi connectivity index (χ1) is 9.13. The zero-order valence-corrected chi connectivity index (χ0v) is 12.2. The van der Waals surface area contributed by atoms with Crippen molar-refractivity contribution in [2.24, 2.45) is 5.92 Å². The smallest absolute Gasteiger partial charge is 0.304 e. The third-order valence-electron chi connectivity index (χ3n) is 3.95. The monoisotopic (exact) mass is 264 g/mol. The van der Waals surface area contributed by atoms with Crippen molar-refractivity contribution >= 4 is 11.9 Å². The molecule has 0 unspecified atom stereocenters. The Kier molecular flexibility index (Phi) is 4.61. The van der Waals surface area contributed by atoms with Gasteiger partial charge in [0, 0.05) is 12.5 Å². The number of nitrogens with zero attached hydrogens (tertiary/aromatic N) is 2. The number of aromatic nitrogens is 1. The van der Waals surface area contributed by atoms with Gasteiger partial charge in [0.25, 0.3) is 0 Å². The maximum atomic E-state index is 12.6. The summed E-state index contributed by atoms with van der Waals surface area (Å²) in [5, 5.41) is 0. The molecule has 4 heteroatoms. The van der Waals surface area contributed by atoms with Gasteiger partial charge >= 0.3 is 6.01 Å². The van der Waals surface area contributed by atoms with E-state index in [-0.39, 0.29) is 11.8 Å². The summed E-state index contributed by atoms with van der Waals surface area (Å²) in [7, 11) is 0. The van der Waals surface area contributed by atoms with Crippen LogP contribution in [0.5, 0.6) is 0 Å². The summed E-state index contributed by atoms with van der Waals surface area (Å²) in [6.07, 6.45) is 6.41. The molecule has 0 bridgehead atoms. The fraction of sp³-hybridized carbons (Fsp3) is 0.733. The molecule has 0 aromatic carbocycles. The molecule has 1 aromatic heterocycles. The first kappa shape index (κ1) is 14.1. The Bertz CT molecular complexity index is 414. The highest BCUT2D eigenvalue weighted by atomic mass is 16.4. The lowest BCUT2D eigenvalue weighted by Crippen LogP contribution is -2.36. The van der Waals surface area contributed by atoms with Gasteiger partial charge in [0.1, 0.15) is 5.76 Å². The van der Waals surface area contributed by atoms with Crippen LogP contribution >= 0.6 is 0 Å². The molecule has 0 N–H and O–H groups in total. The number of oxazole rings is 1. The van der Waals surface area contributed by atoms with Crippen LogP contribution in [0.2, 0.25) is 0 Å². The number of carbonyl (C=O) groups is 1. The van der Waals surface area contributed by atoms with Gasteiger partial charge in [-0.05, 0) is 33.1 Å². The standard InChI is InChI=1S/C15H24N2O2/c1-4-5-10-17(14(18)13-8-6-7-9-13)15-16-11(2)12(3)19-15/h13H,4-10H2,1-3H3. The Morgan fingerprint density at radius 3 is 2.58 bits per heavy atom. The first-order valence-electron chi connectivity index (χ1n) is 7.39. The molecule has 1 heterocycles. The van der Waals surface area contributed by atoms with Crippen LogP contribution in [0.4, 0.5) is 6.01 Å². The third kappa shape index (κ3) is 3.17. The van der Waals surface area contributed by atoms with Gasteiger partial charge in [0.15, 0.2) is 0 Å². The van der Waals surface area contributed by atoms with Crippen LogP contribution < -0.4 is 4.90 Å². The van der Waals surface area contributed by atoms with Gasteiger partial charge in [0.05, 0.1) is 5.69 Å². The molecule has 0 atom stereocenters. The maximum Gasteiger partial charge on any atom is 0.304 e. The van der Waals surface area contributed by atoms with Crippen molar-refractivity contribution < 1.29 is 9.21 Å². The van der Waals surface area contributed by atoms with E-state index in [1.165, 1.54) is 12.8 Å². The van der Waals surface area contributed by atoms with Crippen LogP contribution in [0.15, 0.2) is 4.42 Å². The second-order valence-electron chi connectivity index (χ2n) is 5.46. The summed E-state index contributed by atoms with van der Waals surface area (Å²) in [5.41, 5.74) is 0.871. The minimum absolute atomic E-state index is 0.171. The van der Waals surface area contributed by atoms with Crippen molar-refractivity contribution in [2.75, 3.05) is 11.4 Å². The summed E-state index contributed by atoms with van der Waals surface area (Å²) in [5.74, 6) is 1.17. The normalized spacial score (nSPS) is 15.9. The SMILES string of the molecule is CCCCN(C(=O)C1CCCC1)c1nc(C)c(C)o1. The largest absolute Gasteiger partial charge is 0.428 e. The lowest BCUT2D eigenvalue weighted by atomic mass is 10.1. The van der Waals surface area contributed by atoms with E-state index in [4.69, 9.17) is 4.42 Å². The Labute approximate surface area is 115 Å². The lowest BCUT2D eigenvalue weighted by Gasteiger charge is -2.21. The van der Waals surface area contributed by atoms with E-state index in [9.17, 15) is 4.79 Å². The van der Waals surface area contributed by atoms with Gasteiger partial charge in [-0.2, -0.15) is 4.98 Å². The zero-order valence-electron chi connectivity index (χ0n) is 12.2. The molecule has 1 aromatic rings. The van der Waals surface area contributed by atoms with Crippen molar-refractivity contribution in [3.05, 3.63) is 11.5 Å². The molecule has 0 radical (unpaired) electrons. The van der Waals surface area contributed by atoms with Gasteiger partial charge in [-0.25, -0.2) is 0 Å². The van der Waals surface area contributed by atoms with Crippen LogP contribution in [0.1, 0.15) is 56.9 Å². The highest BCUT2D eigenvalue weighted by Gasteiger charge is 2.30. The second-order valence-corrected chi connectivity index (χ2v) is 5.46. The van der Waals surface area contributed by atoms with Crippen molar-refractivity contribution in [1.82, 2.24) is 4.98 Å². The minimum atomic E-state index is 0.171. The number of anilines is 1. The number of hydrogen-bond acceptors (Lipinski definition) is 3. The van der Waals surface area contributed by atoms with Crippen LogP contribution in [-0.4, -0.2) is 17.4 Å². The van der Waals surface area contributed by atoms with E-state index in [1.54, 1.807) is 4.90 Å². The van der Waals surface area contributed by atoms with Gasteiger partial charge in [-0.1, -0.05) is 26.2 Å². The Balaban J connectivity index is 2.16. The van der Waals surface area contributed by atoms with Crippen LogP contribution in [-0.2, 0) is 4.79 Å². The molecular weight excluding hydrogens is 240 g/mol. The van der Waals surface area contributed by atoms with Gasteiger partial charge in [-0.15, -0.1) is 0 Å². The average Bonchev–Trinajstić information content (AvgIpc) is 3.01. The van der Waals surface area contributed by atoms with E-state index in [2.05, 4.69) is 11.9 Å². The fourth-order valence-electron chi connectivity index (χ4n) is 2.58. The molecule has 106 valence electrons. The third-order valence-corrected chi connectivity index (χ3v) is 3.95. The van der Waals surface area contributed by atoms with Crippen molar-refractivity contribution in [3.8, 4) is 0 Å². The Morgan fingerprint density at radius 2 is 2.05 bits per heavy atom. The molecule has 2 rings (SSSR count). The van der Waals surface area contributed by atoms with Gasteiger partial charge in [-0.3, -0.25) is 9.69 Å². The first-order valence-corrected chi connectivity index (χ1v) is 7.39. The molecule has 1 aliphatic rings. The molecule has 0 saturated heterocycles. The number of unbranched alkanes of at least 4 members (excludes halogenated alkanes) is 1. The molecule has 19 heavy (non-hydrogen) atoms. The summed E-state index contributed by atoms with van der Waals surface area (Å²) >= 11 is 0.